The lowest BCUT2D eigenvalue weighted by Gasteiger charge is -2.29. The summed E-state index contributed by atoms with van der Waals surface area (Å²) in [6, 6.07) is 8.53. The predicted octanol–water partition coefficient (Wildman–Crippen LogP) is 1.73. The molecule has 88 valence electrons. The number of nitrogens with one attached hydrogen (secondary N) is 1. The molecule has 0 aliphatic carbocycles. The van der Waals surface area contributed by atoms with Crippen molar-refractivity contribution in [3.8, 4) is 5.75 Å². The molecular weight excluding hydrogens is 202 g/mol. The minimum Gasteiger partial charge on any atom is -0.497 e. The van der Waals surface area contributed by atoms with Crippen LogP contribution in [0.25, 0.3) is 0 Å². The van der Waals surface area contributed by atoms with Crippen LogP contribution in [-0.4, -0.2) is 25.4 Å². The van der Waals surface area contributed by atoms with Crippen LogP contribution in [0, 0.1) is 5.92 Å². The Balaban J connectivity index is 2.05. The number of methoxy groups -OCH3 is 1. The SMILES string of the molecule is COc1ccc(C2CC(CO)CCN2)cc1. The van der Waals surface area contributed by atoms with Crippen LogP contribution in [0.15, 0.2) is 24.3 Å². The Bertz CT molecular complexity index is 323. The standard InChI is InChI=1S/C13H19NO2/c1-16-12-4-2-11(3-5-12)13-8-10(9-15)6-7-14-13/h2-5,10,13-15H,6-9H2,1H3. The monoisotopic (exact) mass is 221 g/mol. The molecule has 1 aromatic rings. The van der Waals surface area contributed by atoms with E-state index >= 15 is 0 Å². The number of hydrogen-bond donors (Lipinski definition) is 2. The van der Waals surface area contributed by atoms with Gasteiger partial charge in [-0.05, 0) is 43.0 Å². The predicted molar refractivity (Wildman–Crippen MR) is 63.5 cm³/mol. The van der Waals surface area contributed by atoms with Crippen molar-refractivity contribution in [1.82, 2.24) is 5.32 Å². The summed E-state index contributed by atoms with van der Waals surface area (Å²) in [6.45, 7) is 1.29. The van der Waals surface area contributed by atoms with Gasteiger partial charge in [0.25, 0.3) is 0 Å². The van der Waals surface area contributed by atoms with E-state index in [0.717, 1.165) is 25.1 Å². The molecule has 0 spiro atoms. The van der Waals surface area contributed by atoms with Crippen molar-refractivity contribution in [3.05, 3.63) is 29.8 Å². The quantitative estimate of drug-likeness (QED) is 0.816. The highest BCUT2D eigenvalue weighted by Gasteiger charge is 2.21. The zero-order valence-electron chi connectivity index (χ0n) is 9.65. The molecular formula is C13H19NO2. The van der Waals surface area contributed by atoms with Crippen molar-refractivity contribution in [2.45, 2.75) is 18.9 Å². The van der Waals surface area contributed by atoms with E-state index in [0.29, 0.717) is 18.6 Å². The maximum Gasteiger partial charge on any atom is 0.118 e. The van der Waals surface area contributed by atoms with E-state index in [9.17, 15) is 5.11 Å². The van der Waals surface area contributed by atoms with Gasteiger partial charge < -0.3 is 15.2 Å². The number of benzene rings is 1. The largest absolute Gasteiger partial charge is 0.497 e. The van der Waals surface area contributed by atoms with Crippen molar-refractivity contribution in [2.75, 3.05) is 20.3 Å². The highest BCUT2D eigenvalue weighted by atomic mass is 16.5. The maximum atomic E-state index is 9.19. The first-order valence-corrected chi connectivity index (χ1v) is 5.81. The van der Waals surface area contributed by atoms with Gasteiger partial charge in [-0.3, -0.25) is 0 Å². The summed E-state index contributed by atoms with van der Waals surface area (Å²) in [5.74, 6) is 1.33. The van der Waals surface area contributed by atoms with Crippen LogP contribution in [0.1, 0.15) is 24.4 Å². The Hall–Kier alpha value is -1.06. The lowest BCUT2D eigenvalue weighted by Crippen LogP contribution is -2.33. The Kier molecular flexibility index (Phi) is 3.80. The Morgan fingerprint density at radius 2 is 2.12 bits per heavy atom. The fourth-order valence-electron chi connectivity index (χ4n) is 2.25. The van der Waals surface area contributed by atoms with Gasteiger partial charge in [-0.15, -0.1) is 0 Å². The molecule has 0 aromatic heterocycles. The van der Waals surface area contributed by atoms with Crippen molar-refractivity contribution in [2.24, 2.45) is 5.92 Å². The number of aliphatic hydroxyl groups is 1. The van der Waals surface area contributed by atoms with Crippen molar-refractivity contribution < 1.29 is 9.84 Å². The van der Waals surface area contributed by atoms with E-state index in [1.807, 2.05) is 12.1 Å². The number of aliphatic hydroxyl groups excluding tert-OH is 1. The molecule has 2 atom stereocenters. The summed E-state index contributed by atoms with van der Waals surface area (Å²) in [5.41, 5.74) is 1.28. The summed E-state index contributed by atoms with van der Waals surface area (Å²) in [4.78, 5) is 0. The first-order chi connectivity index (χ1) is 7.83. The second-order valence-corrected chi connectivity index (χ2v) is 4.35. The molecule has 0 amide bonds. The molecule has 1 saturated heterocycles. The lowest BCUT2D eigenvalue weighted by molar-refractivity contribution is 0.176. The van der Waals surface area contributed by atoms with Crippen molar-refractivity contribution in [1.29, 1.82) is 0 Å². The van der Waals surface area contributed by atoms with Gasteiger partial charge in [0.15, 0.2) is 0 Å². The molecule has 3 nitrogen and oxygen atoms in total. The van der Waals surface area contributed by atoms with E-state index in [-0.39, 0.29) is 0 Å². The summed E-state index contributed by atoms with van der Waals surface area (Å²) >= 11 is 0. The third kappa shape index (κ3) is 2.54. The molecule has 1 fully saturated rings. The van der Waals surface area contributed by atoms with Crippen molar-refractivity contribution >= 4 is 0 Å². The first-order valence-electron chi connectivity index (χ1n) is 5.81. The molecule has 0 bridgehead atoms. The lowest BCUT2D eigenvalue weighted by atomic mass is 9.89. The van der Waals surface area contributed by atoms with E-state index in [1.54, 1.807) is 7.11 Å². The summed E-state index contributed by atoms with van der Waals surface area (Å²) in [6.07, 6.45) is 2.09. The number of ether oxygens (including phenoxy) is 1. The second-order valence-electron chi connectivity index (χ2n) is 4.35. The highest BCUT2D eigenvalue weighted by molar-refractivity contribution is 5.29. The Morgan fingerprint density at radius 3 is 2.75 bits per heavy atom. The molecule has 1 aromatic carbocycles. The van der Waals surface area contributed by atoms with Crippen LogP contribution in [-0.2, 0) is 0 Å². The zero-order chi connectivity index (χ0) is 11.4. The van der Waals surface area contributed by atoms with E-state index < -0.39 is 0 Å². The molecule has 2 rings (SSSR count). The average Bonchev–Trinajstić information content (AvgIpc) is 2.39. The van der Waals surface area contributed by atoms with Gasteiger partial charge in [-0.2, -0.15) is 0 Å². The molecule has 1 aliphatic heterocycles. The summed E-state index contributed by atoms with van der Waals surface area (Å²) in [7, 11) is 1.68. The molecule has 2 unspecified atom stereocenters. The van der Waals surface area contributed by atoms with Crippen LogP contribution < -0.4 is 10.1 Å². The molecule has 1 heterocycles. The van der Waals surface area contributed by atoms with Gasteiger partial charge in [-0.25, -0.2) is 0 Å². The second kappa shape index (κ2) is 5.32. The number of piperidine rings is 1. The molecule has 1 aliphatic rings. The third-order valence-electron chi connectivity index (χ3n) is 3.29. The molecule has 16 heavy (non-hydrogen) atoms. The van der Waals surface area contributed by atoms with Crippen LogP contribution in [0.5, 0.6) is 5.75 Å². The first kappa shape index (κ1) is 11.4. The Morgan fingerprint density at radius 1 is 1.38 bits per heavy atom. The molecule has 3 heteroatoms. The van der Waals surface area contributed by atoms with Crippen molar-refractivity contribution in [3.63, 3.8) is 0 Å². The van der Waals surface area contributed by atoms with E-state index in [1.165, 1.54) is 5.56 Å². The molecule has 0 saturated carbocycles. The summed E-state index contributed by atoms with van der Waals surface area (Å²) < 4.78 is 5.14. The Labute approximate surface area is 96.4 Å². The van der Waals surface area contributed by atoms with Crippen LogP contribution >= 0.6 is 0 Å². The summed E-state index contributed by atoms with van der Waals surface area (Å²) in [5, 5.41) is 12.7. The molecule has 0 radical (unpaired) electrons. The minimum atomic E-state index is 0.300. The molecule has 2 N–H and O–H groups in total. The van der Waals surface area contributed by atoms with E-state index in [2.05, 4.69) is 17.4 Å². The normalized spacial score (nSPS) is 25.4. The van der Waals surface area contributed by atoms with Crippen LogP contribution in [0.2, 0.25) is 0 Å². The van der Waals surface area contributed by atoms with Gasteiger partial charge in [0.1, 0.15) is 5.75 Å². The van der Waals surface area contributed by atoms with Gasteiger partial charge in [0.05, 0.1) is 7.11 Å². The van der Waals surface area contributed by atoms with Crippen LogP contribution in [0.3, 0.4) is 0 Å². The highest BCUT2D eigenvalue weighted by Crippen LogP contribution is 2.27. The van der Waals surface area contributed by atoms with Gasteiger partial charge in [0.2, 0.25) is 0 Å². The zero-order valence-corrected chi connectivity index (χ0v) is 9.65. The van der Waals surface area contributed by atoms with Crippen LogP contribution in [0.4, 0.5) is 0 Å². The van der Waals surface area contributed by atoms with Gasteiger partial charge in [-0.1, -0.05) is 12.1 Å². The van der Waals surface area contributed by atoms with E-state index in [4.69, 9.17) is 4.74 Å². The van der Waals surface area contributed by atoms with Gasteiger partial charge >= 0.3 is 0 Å². The topological polar surface area (TPSA) is 41.5 Å². The average molecular weight is 221 g/mol. The minimum absolute atomic E-state index is 0.300. The number of rotatable bonds is 3. The smallest absolute Gasteiger partial charge is 0.118 e. The maximum absolute atomic E-state index is 9.19. The van der Waals surface area contributed by atoms with Gasteiger partial charge in [0, 0.05) is 12.6 Å². The third-order valence-corrected chi connectivity index (χ3v) is 3.29. The fraction of sp³-hybridized carbons (Fsp3) is 0.538. The number of hydrogen-bond acceptors (Lipinski definition) is 3. The fourth-order valence-corrected chi connectivity index (χ4v) is 2.25.